The van der Waals surface area contributed by atoms with Gasteiger partial charge in [-0.1, -0.05) is 57.3 Å². The fourth-order valence-electron chi connectivity index (χ4n) is 1.90. The lowest BCUT2D eigenvalue weighted by Gasteiger charge is -2.18. The highest BCUT2D eigenvalue weighted by Gasteiger charge is 2.14. The zero-order valence-corrected chi connectivity index (χ0v) is 13.1. The van der Waals surface area contributed by atoms with Crippen molar-refractivity contribution in [3.63, 3.8) is 0 Å². The van der Waals surface area contributed by atoms with Crippen molar-refractivity contribution < 1.29 is 0 Å². The summed E-state index contributed by atoms with van der Waals surface area (Å²) < 4.78 is 1.03. The van der Waals surface area contributed by atoms with Gasteiger partial charge in [-0.25, -0.2) is 0 Å². The molecule has 3 N–H and O–H groups in total. The van der Waals surface area contributed by atoms with E-state index >= 15 is 0 Å². The molecule has 0 spiro atoms. The first-order valence-electron chi connectivity index (χ1n) is 5.76. The molecule has 2 aromatic rings. The van der Waals surface area contributed by atoms with E-state index in [1.54, 1.807) is 0 Å². The molecule has 0 heterocycles. The molecule has 0 amide bonds. The van der Waals surface area contributed by atoms with Crippen LogP contribution < -0.4 is 11.3 Å². The van der Waals surface area contributed by atoms with Gasteiger partial charge >= 0.3 is 0 Å². The molecule has 0 saturated carbocycles. The van der Waals surface area contributed by atoms with Crippen LogP contribution in [0.25, 0.3) is 0 Å². The van der Waals surface area contributed by atoms with Crippen LogP contribution in [-0.2, 0) is 6.42 Å². The third kappa shape index (κ3) is 3.71. The SMILES string of the molecule is NNC(Cc1c(Cl)cccc1Cl)c1ccc(Br)cc1. The predicted molar refractivity (Wildman–Crippen MR) is 84.4 cm³/mol. The van der Waals surface area contributed by atoms with Gasteiger partial charge in [0, 0.05) is 14.5 Å². The Labute approximate surface area is 131 Å². The molecule has 1 atom stereocenters. The van der Waals surface area contributed by atoms with E-state index in [2.05, 4.69) is 21.4 Å². The largest absolute Gasteiger partial charge is 0.271 e. The summed E-state index contributed by atoms with van der Waals surface area (Å²) in [7, 11) is 0. The molecule has 2 rings (SSSR count). The fourth-order valence-corrected chi connectivity index (χ4v) is 2.72. The smallest absolute Gasteiger partial charge is 0.0501 e. The Bertz CT molecular complexity index is 538. The summed E-state index contributed by atoms with van der Waals surface area (Å²) in [5.74, 6) is 5.64. The van der Waals surface area contributed by atoms with Crippen molar-refractivity contribution in [3.05, 3.63) is 68.1 Å². The van der Waals surface area contributed by atoms with Crippen molar-refractivity contribution in [2.24, 2.45) is 5.84 Å². The van der Waals surface area contributed by atoms with E-state index in [9.17, 15) is 0 Å². The van der Waals surface area contributed by atoms with Crippen LogP contribution in [0.3, 0.4) is 0 Å². The van der Waals surface area contributed by atoms with Gasteiger partial charge in [0.05, 0.1) is 6.04 Å². The molecule has 0 fully saturated rings. The maximum atomic E-state index is 6.18. The molecule has 0 radical (unpaired) electrons. The Hall–Kier alpha value is -0.580. The highest BCUT2D eigenvalue weighted by molar-refractivity contribution is 9.10. The number of hydrogen-bond donors (Lipinski definition) is 2. The molecule has 1 unspecified atom stereocenters. The van der Waals surface area contributed by atoms with Crippen LogP contribution in [0, 0.1) is 0 Å². The Morgan fingerprint density at radius 3 is 2.16 bits per heavy atom. The normalized spacial score (nSPS) is 12.4. The molecule has 2 nitrogen and oxygen atoms in total. The standard InChI is InChI=1S/C14H13BrCl2N2/c15-10-6-4-9(5-7-10)14(19-18)8-11-12(16)2-1-3-13(11)17/h1-7,14,19H,8,18H2. The molecule has 100 valence electrons. The molecule has 0 aliphatic rings. The quantitative estimate of drug-likeness (QED) is 0.622. The molecule has 0 aliphatic carbocycles. The van der Waals surface area contributed by atoms with Crippen molar-refractivity contribution in [2.45, 2.75) is 12.5 Å². The van der Waals surface area contributed by atoms with Crippen molar-refractivity contribution in [2.75, 3.05) is 0 Å². The summed E-state index contributed by atoms with van der Waals surface area (Å²) in [6.45, 7) is 0. The lowest BCUT2D eigenvalue weighted by atomic mass is 9.99. The van der Waals surface area contributed by atoms with Crippen LogP contribution >= 0.6 is 39.1 Å². The van der Waals surface area contributed by atoms with Gasteiger partial charge in [0.25, 0.3) is 0 Å². The van der Waals surface area contributed by atoms with Crippen LogP contribution in [0.1, 0.15) is 17.2 Å². The molecule has 5 heteroatoms. The third-order valence-corrected chi connectivity index (χ3v) is 4.18. The average molecular weight is 360 g/mol. The molecule has 0 aliphatic heterocycles. The Kier molecular flexibility index (Phi) is 5.25. The van der Waals surface area contributed by atoms with Crippen molar-refractivity contribution in [1.82, 2.24) is 5.43 Å². The number of benzene rings is 2. The Morgan fingerprint density at radius 2 is 1.63 bits per heavy atom. The topological polar surface area (TPSA) is 38.0 Å². The van der Waals surface area contributed by atoms with Gasteiger partial charge in [0.2, 0.25) is 0 Å². The number of nitrogens with two attached hydrogens (primary N) is 1. The Balaban J connectivity index is 2.26. The molecule has 2 aromatic carbocycles. The summed E-state index contributed by atoms with van der Waals surface area (Å²) in [5.41, 5.74) is 4.79. The zero-order chi connectivity index (χ0) is 13.8. The van der Waals surface area contributed by atoms with Gasteiger partial charge in [0.15, 0.2) is 0 Å². The van der Waals surface area contributed by atoms with Gasteiger partial charge in [-0.15, -0.1) is 0 Å². The van der Waals surface area contributed by atoms with Gasteiger partial charge < -0.3 is 0 Å². The van der Waals surface area contributed by atoms with Gasteiger partial charge in [-0.2, -0.15) is 0 Å². The highest BCUT2D eigenvalue weighted by atomic mass is 79.9. The minimum atomic E-state index is -0.0366. The lowest BCUT2D eigenvalue weighted by molar-refractivity contribution is 0.552. The molecule has 0 bridgehead atoms. The number of hydrogen-bond acceptors (Lipinski definition) is 2. The van der Waals surface area contributed by atoms with E-state index in [0.717, 1.165) is 15.6 Å². The second-order valence-electron chi connectivity index (χ2n) is 4.18. The van der Waals surface area contributed by atoms with Crippen LogP contribution in [0.4, 0.5) is 0 Å². The van der Waals surface area contributed by atoms with E-state index < -0.39 is 0 Å². The summed E-state index contributed by atoms with van der Waals surface area (Å²) >= 11 is 15.8. The fraction of sp³-hybridized carbons (Fsp3) is 0.143. The van der Waals surface area contributed by atoms with E-state index in [4.69, 9.17) is 29.0 Å². The van der Waals surface area contributed by atoms with E-state index in [1.165, 1.54) is 0 Å². The van der Waals surface area contributed by atoms with E-state index in [0.29, 0.717) is 16.5 Å². The average Bonchev–Trinajstić information content (AvgIpc) is 2.40. The first-order chi connectivity index (χ1) is 9.11. The van der Waals surface area contributed by atoms with E-state index in [-0.39, 0.29) is 6.04 Å². The van der Waals surface area contributed by atoms with Crippen molar-refractivity contribution in [1.29, 1.82) is 0 Å². The second kappa shape index (κ2) is 6.73. The monoisotopic (exact) mass is 358 g/mol. The molecular weight excluding hydrogens is 347 g/mol. The predicted octanol–water partition coefficient (Wildman–Crippen LogP) is 4.50. The second-order valence-corrected chi connectivity index (χ2v) is 5.91. The van der Waals surface area contributed by atoms with Crippen LogP contribution in [-0.4, -0.2) is 0 Å². The summed E-state index contributed by atoms with van der Waals surface area (Å²) in [6.07, 6.45) is 0.636. The molecule has 0 saturated heterocycles. The maximum Gasteiger partial charge on any atom is 0.0501 e. The zero-order valence-electron chi connectivity index (χ0n) is 10.0. The number of halogens is 3. The lowest BCUT2D eigenvalue weighted by Crippen LogP contribution is -2.29. The molecule has 0 aromatic heterocycles. The maximum absolute atomic E-state index is 6.18. The number of nitrogens with one attached hydrogen (secondary N) is 1. The van der Waals surface area contributed by atoms with Crippen LogP contribution in [0.5, 0.6) is 0 Å². The first kappa shape index (κ1) is 14.8. The number of hydrazine groups is 1. The molecular formula is C14H13BrCl2N2. The summed E-state index contributed by atoms with van der Waals surface area (Å²) in [5, 5.41) is 1.31. The molecule has 19 heavy (non-hydrogen) atoms. The van der Waals surface area contributed by atoms with E-state index in [1.807, 2.05) is 42.5 Å². The van der Waals surface area contributed by atoms with Gasteiger partial charge in [0.1, 0.15) is 0 Å². The number of rotatable bonds is 4. The first-order valence-corrected chi connectivity index (χ1v) is 7.31. The van der Waals surface area contributed by atoms with Gasteiger partial charge in [-0.05, 0) is 41.8 Å². The van der Waals surface area contributed by atoms with Gasteiger partial charge in [-0.3, -0.25) is 11.3 Å². The van der Waals surface area contributed by atoms with Crippen molar-refractivity contribution >= 4 is 39.1 Å². The summed E-state index contributed by atoms with van der Waals surface area (Å²) in [4.78, 5) is 0. The third-order valence-electron chi connectivity index (χ3n) is 2.94. The van der Waals surface area contributed by atoms with Crippen LogP contribution in [0.2, 0.25) is 10.0 Å². The Morgan fingerprint density at radius 1 is 1.05 bits per heavy atom. The highest BCUT2D eigenvalue weighted by Crippen LogP contribution is 2.29. The minimum Gasteiger partial charge on any atom is -0.271 e. The summed E-state index contributed by atoms with van der Waals surface area (Å²) in [6, 6.07) is 13.4. The van der Waals surface area contributed by atoms with Crippen molar-refractivity contribution in [3.8, 4) is 0 Å². The van der Waals surface area contributed by atoms with Crippen LogP contribution in [0.15, 0.2) is 46.9 Å². The minimum absolute atomic E-state index is 0.0366.